The van der Waals surface area contributed by atoms with Crippen LogP contribution in [-0.2, 0) is 16.6 Å². The van der Waals surface area contributed by atoms with Crippen LogP contribution in [0.2, 0.25) is 0 Å². The number of aromatic nitrogens is 5. The predicted octanol–water partition coefficient (Wildman–Crippen LogP) is 8.27. The zero-order valence-electron chi connectivity index (χ0n) is 43.6. The van der Waals surface area contributed by atoms with Gasteiger partial charge in [-0.25, -0.2) is 8.78 Å². The van der Waals surface area contributed by atoms with Crippen molar-refractivity contribution in [2.45, 2.75) is 101 Å². The Morgan fingerprint density at radius 1 is 0.947 bits per heavy atom. The summed E-state index contributed by atoms with van der Waals surface area (Å²) in [5, 5.41) is 24.1. The second-order valence-corrected chi connectivity index (χ2v) is 22.9. The van der Waals surface area contributed by atoms with E-state index < -0.39 is 11.6 Å². The van der Waals surface area contributed by atoms with Gasteiger partial charge in [0, 0.05) is 79.7 Å². The fourth-order valence-corrected chi connectivity index (χ4v) is 13.5. The number of carbonyl (C=O) groups excluding carboxylic acids is 2. The second-order valence-electron chi connectivity index (χ2n) is 22.9. The maximum absolute atomic E-state index is 17.2. The van der Waals surface area contributed by atoms with E-state index in [2.05, 4.69) is 54.4 Å². The van der Waals surface area contributed by atoms with Gasteiger partial charge in [0.1, 0.15) is 41.2 Å². The van der Waals surface area contributed by atoms with E-state index in [4.69, 9.17) is 26.2 Å². The summed E-state index contributed by atoms with van der Waals surface area (Å²) in [4.78, 5) is 44.7. The van der Waals surface area contributed by atoms with Crippen molar-refractivity contribution in [2.24, 2.45) is 23.8 Å². The van der Waals surface area contributed by atoms with Crippen molar-refractivity contribution in [3.05, 3.63) is 77.1 Å². The van der Waals surface area contributed by atoms with Gasteiger partial charge in [-0.05, 0) is 163 Å². The maximum Gasteiger partial charge on any atom is 0.319 e. The number of nitrogens with one attached hydrogen (secondary N) is 2. The van der Waals surface area contributed by atoms with Gasteiger partial charge in [0.2, 0.25) is 0 Å². The average molecular weight is 1020 g/mol. The van der Waals surface area contributed by atoms with Crippen molar-refractivity contribution in [1.82, 2.24) is 45.2 Å². The first kappa shape index (κ1) is 51.0. The standard InChI is InChI=1S/C57H63F2N9O4.C2H7N/c1-3-43-47(58)11-7-38-23-42(71)25-45(49(38)43)52-50(59)53-46(28-60-52)54(68-30-40-8-9-41(31-68)61-40)63-55(62-53)72-34-57(14-15-57)33-67-20-16-56(17-21-67)26-35(27-56)29-66-18-12-36(13-19-66)37-6-10-44-48(24-37)65(2)64-51(44)39(32-70)5-4-22-69;1-3-2/h1,6-7,10-11,22-25,28,32,35-36,39-41,61,71H,4-5,8-9,12-21,26-27,29-31,33-34H2,2H3;3H,1-2H3. The van der Waals surface area contributed by atoms with Crippen LogP contribution >= 0.6 is 0 Å². The molecule has 1 spiro atoms. The number of piperazine rings is 1. The molecule has 2 bridgehead atoms. The fourth-order valence-electron chi connectivity index (χ4n) is 13.5. The number of hydrogen-bond acceptors (Lipinski definition) is 13. The highest BCUT2D eigenvalue weighted by Gasteiger charge is 2.50. The van der Waals surface area contributed by atoms with Gasteiger partial charge in [-0.2, -0.15) is 15.1 Å². The number of fused-ring (bicyclic) bond motifs is 5. The lowest BCUT2D eigenvalue weighted by molar-refractivity contribution is -0.110. The number of likely N-dealkylation sites (tertiary alicyclic amines) is 2. The molecule has 12 rings (SSSR count). The molecule has 4 saturated heterocycles. The number of terminal acetylenes is 1. The number of aryl methyl sites for hydroxylation is 1. The van der Waals surface area contributed by atoms with Gasteiger partial charge in [0.05, 0.1) is 34.7 Å². The van der Waals surface area contributed by atoms with Gasteiger partial charge in [-0.1, -0.05) is 24.1 Å². The predicted molar refractivity (Wildman–Crippen MR) is 288 cm³/mol. The van der Waals surface area contributed by atoms with E-state index in [9.17, 15) is 14.7 Å². The summed E-state index contributed by atoms with van der Waals surface area (Å²) in [7, 11) is 5.69. The Kier molecular flexibility index (Phi) is 14.4. The van der Waals surface area contributed by atoms with Crippen molar-refractivity contribution in [1.29, 1.82) is 0 Å². The van der Waals surface area contributed by atoms with E-state index in [1.165, 1.54) is 62.1 Å². The quantitative estimate of drug-likeness (QED) is 0.0669. The molecule has 3 aromatic carbocycles. The number of halogens is 2. The van der Waals surface area contributed by atoms with E-state index in [-0.39, 0.29) is 45.4 Å². The molecule has 3 N–H and O–H groups in total. The number of aldehydes is 2. The highest BCUT2D eigenvalue weighted by atomic mass is 19.1. The van der Waals surface area contributed by atoms with Crippen LogP contribution in [-0.4, -0.2) is 137 Å². The van der Waals surface area contributed by atoms with E-state index in [1.807, 2.05) is 25.8 Å². The molecule has 0 amide bonds. The molecule has 6 aromatic rings. The Hall–Kier alpha value is -6.12. The number of pyridine rings is 1. The minimum atomic E-state index is -0.713. The van der Waals surface area contributed by atoms with Crippen LogP contribution < -0.4 is 20.3 Å². The average Bonchev–Trinajstić information content (AvgIpc) is 3.98. The Labute approximate surface area is 438 Å². The first-order valence-electron chi connectivity index (χ1n) is 27.2. The molecule has 6 fully saturated rings. The molecule has 16 heteroatoms. The summed E-state index contributed by atoms with van der Waals surface area (Å²) in [6, 6.07) is 13.0. The van der Waals surface area contributed by atoms with Crippen LogP contribution in [0.5, 0.6) is 11.8 Å². The maximum atomic E-state index is 17.2. The topological polar surface area (TPSA) is 154 Å². The van der Waals surface area contributed by atoms with Crippen LogP contribution in [0.4, 0.5) is 14.6 Å². The number of anilines is 1. The molecular weight excluding hydrogens is 951 g/mol. The van der Waals surface area contributed by atoms with Gasteiger partial charge in [-0.15, -0.1) is 6.42 Å². The molecule has 3 unspecified atom stereocenters. The lowest BCUT2D eigenvalue weighted by atomic mass is 9.57. The van der Waals surface area contributed by atoms with Crippen molar-refractivity contribution in [3.8, 4) is 35.4 Å². The molecule has 7 heterocycles. The van der Waals surface area contributed by atoms with Gasteiger partial charge < -0.3 is 44.8 Å². The van der Waals surface area contributed by atoms with Crippen molar-refractivity contribution < 1.29 is 28.2 Å². The molecule has 2 saturated carbocycles. The summed E-state index contributed by atoms with van der Waals surface area (Å²) in [5.41, 5.74) is 3.74. The molecule has 0 radical (unpaired) electrons. The summed E-state index contributed by atoms with van der Waals surface area (Å²) >= 11 is 0. The largest absolute Gasteiger partial charge is 0.508 e. The Bertz CT molecular complexity index is 3140. The monoisotopic (exact) mass is 1020 g/mol. The number of nitrogens with zero attached hydrogens (tertiary/aromatic N) is 8. The number of benzene rings is 3. The lowest BCUT2D eigenvalue weighted by Gasteiger charge is -2.54. The van der Waals surface area contributed by atoms with E-state index in [0.29, 0.717) is 64.8 Å². The summed E-state index contributed by atoms with van der Waals surface area (Å²) in [6.45, 7) is 8.44. The zero-order valence-corrected chi connectivity index (χ0v) is 43.6. The van der Waals surface area contributed by atoms with Crippen LogP contribution in [0.1, 0.15) is 106 Å². The lowest BCUT2D eigenvalue weighted by Crippen LogP contribution is -2.51. The Morgan fingerprint density at radius 2 is 1.69 bits per heavy atom. The van der Waals surface area contributed by atoms with Crippen LogP contribution in [0, 0.1) is 40.7 Å². The molecule has 394 valence electrons. The summed E-state index contributed by atoms with van der Waals surface area (Å²) in [5.74, 6) is 2.46. The van der Waals surface area contributed by atoms with Gasteiger partial charge in [-0.3, -0.25) is 9.67 Å². The third kappa shape index (κ3) is 10.2. The van der Waals surface area contributed by atoms with E-state index in [1.54, 1.807) is 6.20 Å². The van der Waals surface area contributed by atoms with Gasteiger partial charge in [0.25, 0.3) is 0 Å². The molecule has 3 aromatic heterocycles. The van der Waals surface area contributed by atoms with Gasteiger partial charge >= 0.3 is 6.01 Å². The molecule has 14 nitrogen and oxygen atoms in total. The normalized spacial score (nSPS) is 21.9. The first-order chi connectivity index (χ1) is 36.4. The van der Waals surface area contributed by atoms with E-state index in [0.717, 1.165) is 119 Å². The second kappa shape index (κ2) is 21.1. The molecular formula is C59H70F2N10O4. The van der Waals surface area contributed by atoms with Crippen LogP contribution in [0.25, 0.3) is 43.8 Å². The molecule has 4 aliphatic heterocycles. The number of hydrogen-bond donors (Lipinski definition) is 3. The zero-order chi connectivity index (χ0) is 52.0. The SMILES string of the molecule is C#Cc1c(F)ccc2cc(O)cc(-c3ncc4c(N5CC6CCC(C5)N6)nc(OCC5(CN6CCC7(CC6)CC(CN6CCC(c8ccc9c(C(C=O)CCC=O)nn(C)c9c8)CC6)C7)CC5)nc4c3F)c12.CNC. The number of rotatable bonds is 15. The third-order valence-electron chi connectivity index (χ3n) is 17.6. The number of piperidine rings is 2. The van der Waals surface area contributed by atoms with Crippen LogP contribution in [0.3, 0.4) is 0 Å². The van der Waals surface area contributed by atoms with Crippen LogP contribution in [0.15, 0.2) is 48.7 Å². The number of phenolic OH excluding ortho intramolecular Hbond substituents is 1. The summed E-state index contributed by atoms with van der Waals surface area (Å²) < 4.78 is 40.6. The van der Waals surface area contributed by atoms with Crippen molar-refractivity contribution in [3.63, 3.8) is 0 Å². The molecule has 3 atom stereocenters. The minimum Gasteiger partial charge on any atom is -0.508 e. The first-order valence-corrected chi connectivity index (χ1v) is 27.2. The summed E-state index contributed by atoms with van der Waals surface area (Å²) in [6.07, 6.45) is 21.6. The Morgan fingerprint density at radius 3 is 2.39 bits per heavy atom. The Balaban J connectivity index is 0.00000196. The van der Waals surface area contributed by atoms with Gasteiger partial charge in [0.15, 0.2) is 5.82 Å². The molecule has 2 aliphatic carbocycles. The number of phenols is 1. The van der Waals surface area contributed by atoms with E-state index >= 15 is 8.78 Å². The highest BCUT2D eigenvalue weighted by molar-refractivity contribution is 6.03. The smallest absolute Gasteiger partial charge is 0.319 e. The minimum absolute atomic E-state index is 0.00686. The van der Waals surface area contributed by atoms with Crippen molar-refractivity contribution in [2.75, 3.05) is 78.0 Å². The third-order valence-corrected chi connectivity index (χ3v) is 17.6. The van der Waals surface area contributed by atoms with Crippen molar-refractivity contribution >= 4 is 51.0 Å². The fraction of sp³-hybridized carbons (Fsp3) is 0.525. The molecule has 6 aliphatic rings. The number of aromatic hydroxyl groups is 1. The number of ether oxygens (including phenoxy) is 1. The number of carbonyl (C=O) groups is 2. The molecule has 75 heavy (non-hydrogen) atoms. The highest BCUT2D eigenvalue weighted by Crippen LogP contribution is 2.54.